The Hall–Kier alpha value is -2.47. The number of aromatic nitrogens is 3. The zero-order valence-corrected chi connectivity index (χ0v) is 16.6. The number of hydrogen-bond acceptors (Lipinski definition) is 4. The molecular formula is C20H24N4OS. The molecule has 1 amide bonds. The van der Waals surface area contributed by atoms with Crippen molar-refractivity contribution in [1.82, 2.24) is 14.8 Å². The van der Waals surface area contributed by atoms with Gasteiger partial charge < -0.3 is 5.32 Å². The molecule has 6 heteroatoms. The van der Waals surface area contributed by atoms with E-state index in [0.29, 0.717) is 5.82 Å². The van der Waals surface area contributed by atoms with Crippen LogP contribution in [0.3, 0.4) is 0 Å². The van der Waals surface area contributed by atoms with Gasteiger partial charge in [0.05, 0.1) is 28.5 Å². The quantitative estimate of drug-likeness (QED) is 0.741. The predicted molar refractivity (Wildman–Crippen MR) is 106 cm³/mol. The van der Waals surface area contributed by atoms with Crippen molar-refractivity contribution in [2.75, 3.05) is 5.32 Å². The maximum Gasteiger partial charge on any atom is 0.231 e. The lowest BCUT2D eigenvalue weighted by Gasteiger charge is -2.14. The molecule has 136 valence electrons. The molecule has 0 radical (unpaired) electrons. The first-order valence-corrected chi connectivity index (χ1v) is 9.49. The summed E-state index contributed by atoms with van der Waals surface area (Å²) in [6.45, 7) is 10.3. The first-order valence-electron chi connectivity index (χ1n) is 8.61. The van der Waals surface area contributed by atoms with Gasteiger partial charge in [-0.2, -0.15) is 5.10 Å². The Balaban J connectivity index is 1.93. The fourth-order valence-corrected chi connectivity index (χ4v) is 3.27. The van der Waals surface area contributed by atoms with Crippen molar-refractivity contribution in [3.63, 3.8) is 0 Å². The molecule has 2 heterocycles. The Morgan fingerprint density at radius 2 is 1.96 bits per heavy atom. The predicted octanol–water partition coefficient (Wildman–Crippen LogP) is 4.42. The molecular weight excluding hydrogens is 344 g/mol. The first-order chi connectivity index (χ1) is 12.2. The Bertz CT molecular complexity index is 933. The summed E-state index contributed by atoms with van der Waals surface area (Å²) < 4.78 is 1.82. The number of hydrogen-bond donors (Lipinski definition) is 1. The Labute approximate surface area is 158 Å². The van der Waals surface area contributed by atoms with Gasteiger partial charge in [0.25, 0.3) is 0 Å². The minimum atomic E-state index is -0.112. The largest absolute Gasteiger partial charge is 0.310 e. The van der Waals surface area contributed by atoms with Gasteiger partial charge in [0.15, 0.2) is 0 Å². The highest BCUT2D eigenvalue weighted by Gasteiger charge is 2.22. The van der Waals surface area contributed by atoms with Crippen LogP contribution in [0, 0.1) is 13.8 Å². The third-order valence-corrected chi connectivity index (χ3v) is 4.92. The number of nitrogens with zero attached hydrogens (tertiary/aromatic N) is 3. The van der Waals surface area contributed by atoms with E-state index < -0.39 is 0 Å². The molecule has 0 bridgehead atoms. The number of benzene rings is 1. The summed E-state index contributed by atoms with van der Waals surface area (Å²) in [5.74, 6) is 0.590. The average Bonchev–Trinajstić information content (AvgIpc) is 3.14. The van der Waals surface area contributed by atoms with E-state index in [9.17, 15) is 4.79 Å². The van der Waals surface area contributed by atoms with Gasteiger partial charge in [0, 0.05) is 16.9 Å². The highest BCUT2D eigenvalue weighted by Crippen LogP contribution is 2.27. The topological polar surface area (TPSA) is 59.8 Å². The molecule has 0 fully saturated rings. The molecule has 26 heavy (non-hydrogen) atoms. The maximum absolute atomic E-state index is 12.5. The Kier molecular flexibility index (Phi) is 4.96. The van der Waals surface area contributed by atoms with Gasteiger partial charge in [-0.05, 0) is 25.5 Å². The number of para-hydroxylation sites is 1. The van der Waals surface area contributed by atoms with Gasteiger partial charge in [-0.15, -0.1) is 11.3 Å². The molecule has 0 saturated carbocycles. The molecule has 3 rings (SSSR count). The van der Waals surface area contributed by atoms with E-state index in [1.807, 2.05) is 54.2 Å². The molecule has 1 N–H and O–H groups in total. The number of amides is 1. The van der Waals surface area contributed by atoms with E-state index in [-0.39, 0.29) is 17.7 Å². The SMILES string of the molecule is Cc1nc(CC(=O)Nc2cc(C(C)(C)C)nn2-c2ccccc2C)cs1. The smallest absolute Gasteiger partial charge is 0.231 e. The van der Waals surface area contributed by atoms with Crippen molar-refractivity contribution in [2.24, 2.45) is 0 Å². The van der Waals surface area contributed by atoms with Gasteiger partial charge in [-0.1, -0.05) is 39.0 Å². The summed E-state index contributed by atoms with van der Waals surface area (Å²) in [6, 6.07) is 9.97. The fourth-order valence-electron chi connectivity index (χ4n) is 2.66. The van der Waals surface area contributed by atoms with Crippen LogP contribution in [0.4, 0.5) is 5.82 Å². The minimum absolute atomic E-state index is 0.0921. The van der Waals surface area contributed by atoms with Crippen LogP contribution in [-0.4, -0.2) is 20.7 Å². The first kappa shape index (κ1) is 18.3. The normalized spacial score (nSPS) is 11.6. The van der Waals surface area contributed by atoms with Crippen LogP contribution in [0.2, 0.25) is 0 Å². The third kappa shape index (κ3) is 4.02. The van der Waals surface area contributed by atoms with Gasteiger partial charge >= 0.3 is 0 Å². The van der Waals surface area contributed by atoms with Crippen LogP contribution in [0.15, 0.2) is 35.7 Å². The van der Waals surface area contributed by atoms with Crippen molar-refractivity contribution in [2.45, 2.75) is 46.5 Å². The number of nitrogens with one attached hydrogen (secondary N) is 1. The van der Waals surface area contributed by atoms with Crippen molar-refractivity contribution in [1.29, 1.82) is 0 Å². The Morgan fingerprint density at radius 3 is 2.58 bits per heavy atom. The lowest BCUT2D eigenvalue weighted by molar-refractivity contribution is -0.115. The highest BCUT2D eigenvalue weighted by molar-refractivity contribution is 7.09. The molecule has 3 aromatic rings. The maximum atomic E-state index is 12.5. The standard InChI is InChI=1S/C20H24N4OS/c1-13-8-6-7-9-16(13)24-18(11-17(23-24)20(3,4)5)22-19(25)10-15-12-26-14(2)21-15/h6-9,11-12H,10H2,1-5H3,(H,22,25). The van der Waals surface area contributed by atoms with Crippen molar-refractivity contribution >= 4 is 23.1 Å². The molecule has 0 aliphatic heterocycles. The lowest BCUT2D eigenvalue weighted by Crippen LogP contribution is -2.17. The minimum Gasteiger partial charge on any atom is -0.310 e. The molecule has 0 saturated heterocycles. The van der Waals surface area contributed by atoms with Gasteiger partial charge in [0.2, 0.25) is 5.91 Å². The van der Waals surface area contributed by atoms with Crippen LogP contribution in [-0.2, 0) is 16.6 Å². The molecule has 1 aromatic carbocycles. The number of aryl methyl sites for hydroxylation is 2. The van der Waals surface area contributed by atoms with Crippen molar-refractivity contribution in [3.8, 4) is 5.69 Å². The number of carbonyl (C=O) groups excluding carboxylic acids is 1. The summed E-state index contributed by atoms with van der Waals surface area (Å²) in [5.41, 5.74) is 3.67. The van der Waals surface area contributed by atoms with E-state index in [1.165, 1.54) is 0 Å². The van der Waals surface area contributed by atoms with Crippen LogP contribution in [0.25, 0.3) is 5.69 Å². The number of rotatable bonds is 4. The number of thiazole rings is 1. The van der Waals surface area contributed by atoms with E-state index >= 15 is 0 Å². The number of carbonyl (C=O) groups is 1. The second-order valence-electron chi connectivity index (χ2n) is 7.45. The zero-order chi connectivity index (χ0) is 18.9. The molecule has 2 aromatic heterocycles. The van der Waals surface area contributed by atoms with E-state index in [2.05, 4.69) is 31.1 Å². The van der Waals surface area contributed by atoms with Gasteiger partial charge in [-0.3, -0.25) is 4.79 Å². The van der Waals surface area contributed by atoms with Crippen LogP contribution in [0.1, 0.15) is 42.7 Å². The average molecular weight is 369 g/mol. The van der Waals surface area contributed by atoms with E-state index in [1.54, 1.807) is 11.3 Å². The molecule has 5 nitrogen and oxygen atoms in total. The fraction of sp³-hybridized carbons (Fsp3) is 0.350. The molecule has 0 atom stereocenters. The molecule has 0 unspecified atom stereocenters. The summed E-state index contributed by atoms with van der Waals surface area (Å²) in [6.07, 6.45) is 0.258. The van der Waals surface area contributed by atoms with Gasteiger partial charge in [-0.25, -0.2) is 9.67 Å². The summed E-state index contributed by atoms with van der Waals surface area (Å²) in [4.78, 5) is 16.9. The second kappa shape index (κ2) is 7.03. The third-order valence-electron chi connectivity index (χ3n) is 4.10. The van der Waals surface area contributed by atoms with E-state index in [0.717, 1.165) is 27.6 Å². The highest BCUT2D eigenvalue weighted by atomic mass is 32.1. The van der Waals surface area contributed by atoms with Gasteiger partial charge in [0.1, 0.15) is 5.82 Å². The summed E-state index contributed by atoms with van der Waals surface area (Å²) in [5, 5.41) is 10.7. The summed E-state index contributed by atoms with van der Waals surface area (Å²) in [7, 11) is 0. The van der Waals surface area contributed by atoms with Crippen molar-refractivity contribution < 1.29 is 4.79 Å². The lowest BCUT2D eigenvalue weighted by atomic mass is 9.92. The van der Waals surface area contributed by atoms with Crippen LogP contribution < -0.4 is 5.32 Å². The Morgan fingerprint density at radius 1 is 1.23 bits per heavy atom. The second-order valence-corrected chi connectivity index (χ2v) is 8.51. The molecule has 0 spiro atoms. The van der Waals surface area contributed by atoms with Crippen LogP contribution >= 0.6 is 11.3 Å². The molecule has 0 aliphatic carbocycles. The van der Waals surface area contributed by atoms with Crippen LogP contribution in [0.5, 0.6) is 0 Å². The van der Waals surface area contributed by atoms with E-state index in [4.69, 9.17) is 5.10 Å². The monoisotopic (exact) mass is 368 g/mol. The van der Waals surface area contributed by atoms with Crippen molar-refractivity contribution in [3.05, 3.63) is 57.7 Å². The summed E-state index contributed by atoms with van der Waals surface area (Å²) >= 11 is 1.55. The molecule has 0 aliphatic rings. The number of anilines is 1. The zero-order valence-electron chi connectivity index (χ0n) is 15.8.